The molecule has 2 rings (SSSR count). The maximum atomic E-state index is 12.5. The first-order valence-electron chi connectivity index (χ1n) is 7.40. The highest BCUT2D eigenvalue weighted by atomic mass is 16.4. The number of hydrogen-bond donors (Lipinski definition) is 2. The normalized spacial score (nSPS) is 32.1. The average Bonchev–Trinajstić information content (AvgIpc) is 2.46. The molecule has 0 bridgehead atoms. The predicted octanol–water partition coefficient (Wildman–Crippen LogP) is 1.23. The number of nitrogens with zero attached hydrogens (tertiary/aromatic N) is 1. The molecule has 5 nitrogen and oxygen atoms in total. The molecule has 0 radical (unpaired) electrons. The lowest BCUT2D eigenvalue weighted by atomic mass is 9.88. The molecule has 0 aromatic heterocycles. The van der Waals surface area contributed by atoms with Gasteiger partial charge in [-0.25, -0.2) is 4.79 Å². The molecule has 2 fully saturated rings. The van der Waals surface area contributed by atoms with Crippen LogP contribution in [0.1, 0.15) is 45.4 Å². The lowest BCUT2D eigenvalue weighted by Crippen LogP contribution is -2.56. The first-order valence-corrected chi connectivity index (χ1v) is 7.40. The Balaban J connectivity index is 2.03. The molecule has 19 heavy (non-hydrogen) atoms. The van der Waals surface area contributed by atoms with Gasteiger partial charge in [0.05, 0.1) is 6.04 Å². The zero-order valence-corrected chi connectivity index (χ0v) is 11.6. The minimum Gasteiger partial charge on any atom is -0.480 e. The van der Waals surface area contributed by atoms with Crippen LogP contribution >= 0.6 is 0 Å². The first-order chi connectivity index (χ1) is 9.13. The Bertz CT molecular complexity index is 340. The summed E-state index contributed by atoms with van der Waals surface area (Å²) in [5.74, 6) is -0.437. The average molecular weight is 268 g/mol. The minimum absolute atomic E-state index is 0.0124. The number of carboxylic acid groups (broad SMARTS) is 1. The molecule has 2 N–H and O–H groups in total. The number of hydrogen-bond acceptors (Lipinski definition) is 3. The summed E-state index contributed by atoms with van der Waals surface area (Å²) in [7, 11) is 0. The summed E-state index contributed by atoms with van der Waals surface area (Å²) >= 11 is 0. The quantitative estimate of drug-likeness (QED) is 0.807. The van der Waals surface area contributed by atoms with Crippen molar-refractivity contribution in [1.82, 2.24) is 10.2 Å². The number of nitrogens with one attached hydrogen (secondary N) is 1. The van der Waals surface area contributed by atoms with Crippen molar-refractivity contribution >= 4 is 11.9 Å². The topological polar surface area (TPSA) is 69.6 Å². The smallest absolute Gasteiger partial charge is 0.326 e. The van der Waals surface area contributed by atoms with Gasteiger partial charge in [0.2, 0.25) is 5.91 Å². The molecule has 108 valence electrons. The van der Waals surface area contributed by atoms with Crippen LogP contribution in [-0.4, -0.2) is 47.1 Å². The number of amides is 1. The van der Waals surface area contributed by atoms with Crippen LogP contribution in [0.25, 0.3) is 0 Å². The number of likely N-dealkylation sites (tertiary alicyclic amines) is 1. The summed E-state index contributed by atoms with van der Waals surface area (Å²) in [6, 6.07) is -0.802. The molecule has 0 aromatic rings. The maximum absolute atomic E-state index is 12.5. The van der Waals surface area contributed by atoms with E-state index in [2.05, 4.69) is 12.2 Å². The van der Waals surface area contributed by atoms with Gasteiger partial charge in [0.25, 0.3) is 0 Å². The second-order valence-corrected chi connectivity index (χ2v) is 5.69. The molecule has 2 heterocycles. The molecular formula is C14H24N2O3. The highest BCUT2D eigenvalue weighted by Crippen LogP contribution is 2.26. The summed E-state index contributed by atoms with van der Waals surface area (Å²) in [5, 5.41) is 12.6. The molecular weight excluding hydrogens is 244 g/mol. The van der Waals surface area contributed by atoms with Crippen LogP contribution in [0.2, 0.25) is 0 Å². The first kappa shape index (κ1) is 14.3. The van der Waals surface area contributed by atoms with E-state index in [0.717, 1.165) is 38.6 Å². The third kappa shape index (κ3) is 3.26. The van der Waals surface area contributed by atoms with Gasteiger partial charge in [0.1, 0.15) is 6.04 Å². The van der Waals surface area contributed by atoms with E-state index in [1.54, 1.807) is 4.90 Å². The highest BCUT2D eigenvalue weighted by molar-refractivity contribution is 5.87. The third-order valence-corrected chi connectivity index (χ3v) is 4.46. The van der Waals surface area contributed by atoms with E-state index in [4.69, 9.17) is 0 Å². The molecule has 0 saturated carbocycles. The van der Waals surface area contributed by atoms with Crippen LogP contribution in [0.15, 0.2) is 0 Å². The Labute approximate surface area is 114 Å². The third-order valence-electron chi connectivity index (χ3n) is 4.46. The van der Waals surface area contributed by atoms with E-state index in [1.165, 1.54) is 0 Å². The van der Waals surface area contributed by atoms with E-state index in [0.29, 0.717) is 18.9 Å². The monoisotopic (exact) mass is 268 g/mol. The lowest BCUT2D eigenvalue weighted by Gasteiger charge is -2.39. The highest BCUT2D eigenvalue weighted by Gasteiger charge is 2.38. The van der Waals surface area contributed by atoms with E-state index in [-0.39, 0.29) is 11.9 Å². The summed E-state index contributed by atoms with van der Waals surface area (Å²) in [4.78, 5) is 25.5. The Hall–Kier alpha value is -1.10. The van der Waals surface area contributed by atoms with Crippen LogP contribution in [0.5, 0.6) is 0 Å². The molecule has 3 atom stereocenters. The van der Waals surface area contributed by atoms with E-state index in [9.17, 15) is 14.7 Å². The lowest BCUT2D eigenvalue weighted by molar-refractivity contribution is -0.154. The fourth-order valence-electron chi connectivity index (χ4n) is 3.17. The molecule has 5 heteroatoms. The van der Waals surface area contributed by atoms with Gasteiger partial charge in [0.15, 0.2) is 0 Å². The molecule has 2 aliphatic rings. The number of piperidine rings is 2. The molecule has 0 aliphatic carbocycles. The van der Waals surface area contributed by atoms with Gasteiger partial charge >= 0.3 is 5.97 Å². The van der Waals surface area contributed by atoms with Crippen LogP contribution in [0.4, 0.5) is 0 Å². The number of carbonyl (C=O) groups excluding carboxylic acids is 1. The Kier molecular flexibility index (Phi) is 4.80. The fourth-order valence-corrected chi connectivity index (χ4v) is 3.17. The molecule has 1 amide bonds. The Morgan fingerprint density at radius 3 is 2.68 bits per heavy atom. The second-order valence-electron chi connectivity index (χ2n) is 5.69. The zero-order chi connectivity index (χ0) is 13.8. The van der Waals surface area contributed by atoms with E-state index in [1.807, 2.05) is 0 Å². The van der Waals surface area contributed by atoms with Gasteiger partial charge in [-0.3, -0.25) is 4.79 Å². The van der Waals surface area contributed by atoms with Crippen LogP contribution in [0.3, 0.4) is 0 Å². The van der Waals surface area contributed by atoms with Gasteiger partial charge in [-0.15, -0.1) is 0 Å². The van der Waals surface area contributed by atoms with Crippen molar-refractivity contribution < 1.29 is 14.7 Å². The van der Waals surface area contributed by atoms with Crippen molar-refractivity contribution in [3.05, 3.63) is 0 Å². The van der Waals surface area contributed by atoms with E-state index < -0.39 is 12.0 Å². The largest absolute Gasteiger partial charge is 0.480 e. The molecule has 2 saturated heterocycles. The van der Waals surface area contributed by atoms with Crippen LogP contribution < -0.4 is 5.32 Å². The number of rotatable bonds is 3. The van der Waals surface area contributed by atoms with Crippen molar-refractivity contribution in [1.29, 1.82) is 0 Å². The van der Waals surface area contributed by atoms with Gasteiger partial charge < -0.3 is 15.3 Å². The van der Waals surface area contributed by atoms with Crippen molar-refractivity contribution in [3.63, 3.8) is 0 Å². The summed E-state index contributed by atoms with van der Waals surface area (Å²) in [5.41, 5.74) is 0. The molecule has 0 aromatic carbocycles. The minimum atomic E-state index is -0.859. The van der Waals surface area contributed by atoms with Gasteiger partial charge in [0, 0.05) is 6.54 Å². The van der Waals surface area contributed by atoms with Crippen molar-refractivity contribution in [2.75, 3.05) is 13.1 Å². The van der Waals surface area contributed by atoms with Crippen LogP contribution in [-0.2, 0) is 9.59 Å². The van der Waals surface area contributed by atoms with Gasteiger partial charge in [-0.2, -0.15) is 0 Å². The fraction of sp³-hybridized carbons (Fsp3) is 0.857. The van der Waals surface area contributed by atoms with Crippen molar-refractivity contribution in [3.8, 4) is 0 Å². The number of aliphatic carboxylic acids is 1. The van der Waals surface area contributed by atoms with Crippen LogP contribution in [0, 0.1) is 5.92 Å². The molecule has 0 spiro atoms. The Morgan fingerprint density at radius 1 is 1.32 bits per heavy atom. The predicted molar refractivity (Wildman–Crippen MR) is 71.8 cm³/mol. The molecule has 3 unspecified atom stereocenters. The van der Waals surface area contributed by atoms with E-state index >= 15 is 0 Å². The van der Waals surface area contributed by atoms with Gasteiger partial charge in [-0.05, 0) is 38.1 Å². The standard InChI is InChI=1S/C14H24N2O3/c1-2-10-6-8-16(12(9-10)14(18)19)13(17)11-5-3-4-7-15-11/h10-12,15H,2-9H2,1H3,(H,18,19). The Morgan fingerprint density at radius 2 is 2.11 bits per heavy atom. The van der Waals surface area contributed by atoms with Gasteiger partial charge in [-0.1, -0.05) is 19.8 Å². The summed E-state index contributed by atoms with van der Waals surface area (Å²) in [6.45, 7) is 3.54. The maximum Gasteiger partial charge on any atom is 0.326 e. The van der Waals surface area contributed by atoms with Crippen molar-refractivity contribution in [2.24, 2.45) is 5.92 Å². The second kappa shape index (κ2) is 6.37. The molecule has 2 aliphatic heterocycles. The zero-order valence-electron chi connectivity index (χ0n) is 11.6. The SMILES string of the molecule is CCC1CCN(C(=O)C2CCCCN2)C(C(=O)O)C1. The summed E-state index contributed by atoms with van der Waals surface area (Å²) < 4.78 is 0. The number of carbonyl (C=O) groups is 2. The summed E-state index contributed by atoms with van der Waals surface area (Å²) in [6.07, 6.45) is 5.51. The van der Waals surface area contributed by atoms with Crippen molar-refractivity contribution in [2.45, 2.75) is 57.5 Å². The number of carboxylic acids is 1.